The van der Waals surface area contributed by atoms with E-state index in [0.717, 1.165) is 16.1 Å². The lowest BCUT2D eigenvalue weighted by Gasteiger charge is -2.23. The van der Waals surface area contributed by atoms with Crippen molar-refractivity contribution in [1.29, 1.82) is 0 Å². The predicted octanol–water partition coefficient (Wildman–Crippen LogP) is 3.26. The normalized spacial score (nSPS) is 11.2. The summed E-state index contributed by atoms with van der Waals surface area (Å²) in [6.07, 6.45) is 1.47. The zero-order valence-corrected chi connectivity index (χ0v) is 16.2. The van der Waals surface area contributed by atoms with Gasteiger partial charge in [-0.05, 0) is 36.2 Å². The Morgan fingerprint density at radius 2 is 1.81 bits per heavy atom. The van der Waals surface area contributed by atoms with Crippen LogP contribution in [0.2, 0.25) is 10.0 Å². The lowest BCUT2D eigenvalue weighted by atomic mass is 10.1. The molecule has 5 nitrogen and oxygen atoms in total. The summed E-state index contributed by atoms with van der Waals surface area (Å²) in [5.41, 5.74) is 0.986. The molecule has 1 N–H and O–H groups in total. The first-order chi connectivity index (χ1) is 12.2. The molecule has 0 bridgehead atoms. The number of rotatable bonds is 7. The van der Waals surface area contributed by atoms with Gasteiger partial charge in [0.25, 0.3) is 0 Å². The first-order valence-electron chi connectivity index (χ1n) is 7.61. The molecule has 140 valence electrons. The SMILES string of the molecule is CS(=O)(=O)N(CC(=O)NCCc1ccc(F)cc1)c1cccc(Cl)c1Cl. The fourth-order valence-corrected chi connectivity index (χ4v) is 3.56. The van der Waals surface area contributed by atoms with Gasteiger partial charge in [0.15, 0.2) is 0 Å². The summed E-state index contributed by atoms with van der Waals surface area (Å²) in [5.74, 6) is -0.825. The van der Waals surface area contributed by atoms with E-state index in [0.29, 0.717) is 6.42 Å². The number of benzene rings is 2. The average molecular weight is 419 g/mol. The molecule has 0 saturated heterocycles. The third kappa shape index (κ3) is 5.59. The Morgan fingerprint density at radius 1 is 1.15 bits per heavy atom. The van der Waals surface area contributed by atoms with Crippen LogP contribution >= 0.6 is 23.2 Å². The van der Waals surface area contributed by atoms with Crippen LogP contribution in [0, 0.1) is 5.82 Å². The van der Waals surface area contributed by atoms with Gasteiger partial charge in [0.05, 0.1) is 22.0 Å². The summed E-state index contributed by atoms with van der Waals surface area (Å²) in [5, 5.41) is 2.88. The molecular weight excluding hydrogens is 402 g/mol. The molecule has 0 aliphatic heterocycles. The highest BCUT2D eigenvalue weighted by atomic mass is 35.5. The molecule has 0 saturated carbocycles. The number of halogens is 3. The van der Waals surface area contributed by atoms with E-state index in [1.54, 1.807) is 18.2 Å². The highest BCUT2D eigenvalue weighted by Crippen LogP contribution is 2.33. The van der Waals surface area contributed by atoms with Crippen molar-refractivity contribution in [3.05, 3.63) is 63.9 Å². The van der Waals surface area contributed by atoms with Crippen LogP contribution in [0.25, 0.3) is 0 Å². The Balaban J connectivity index is 2.03. The summed E-state index contributed by atoms with van der Waals surface area (Å²) in [4.78, 5) is 12.2. The maximum atomic E-state index is 12.9. The summed E-state index contributed by atoms with van der Waals surface area (Å²) in [6, 6.07) is 10.5. The molecule has 0 aromatic heterocycles. The first kappa shape index (κ1) is 20.5. The molecule has 0 atom stereocenters. The van der Waals surface area contributed by atoms with Crippen molar-refractivity contribution in [3.8, 4) is 0 Å². The molecule has 2 aromatic rings. The zero-order chi connectivity index (χ0) is 19.3. The number of anilines is 1. The minimum absolute atomic E-state index is 0.0544. The fraction of sp³-hybridized carbons (Fsp3) is 0.235. The molecule has 0 radical (unpaired) electrons. The summed E-state index contributed by atoms with van der Waals surface area (Å²) < 4.78 is 37.9. The summed E-state index contributed by atoms with van der Waals surface area (Å²) >= 11 is 12.0. The molecule has 0 unspecified atom stereocenters. The maximum Gasteiger partial charge on any atom is 0.240 e. The number of hydrogen-bond donors (Lipinski definition) is 1. The average Bonchev–Trinajstić information content (AvgIpc) is 2.56. The van der Waals surface area contributed by atoms with Crippen LogP contribution in [0.4, 0.5) is 10.1 Å². The smallest absolute Gasteiger partial charge is 0.240 e. The van der Waals surface area contributed by atoms with Crippen LogP contribution in [-0.2, 0) is 21.2 Å². The van der Waals surface area contributed by atoms with Gasteiger partial charge in [-0.15, -0.1) is 0 Å². The van der Waals surface area contributed by atoms with Gasteiger partial charge in [-0.1, -0.05) is 41.4 Å². The van der Waals surface area contributed by atoms with Crippen molar-refractivity contribution in [2.45, 2.75) is 6.42 Å². The molecule has 26 heavy (non-hydrogen) atoms. The molecule has 0 heterocycles. The van der Waals surface area contributed by atoms with Gasteiger partial charge in [-0.2, -0.15) is 0 Å². The van der Waals surface area contributed by atoms with Crippen LogP contribution in [0.1, 0.15) is 5.56 Å². The van der Waals surface area contributed by atoms with E-state index in [2.05, 4.69) is 5.32 Å². The highest BCUT2D eigenvalue weighted by Gasteiger charge is 2.23. The Morgan fingerprint density at radius 3 is 2.42 bits per heavy atom. The predicted molar refractivity (Wildman–Crippen MR) is 102 cm³/mol. The van der Waals surface area contributed by atoms with E-state index in [1.165, 1.54) is 24.3 Å². The van der Waals surface area contributed by atoms with E-state index in [1.807, 2.05) is 0 Å². The molecular formula is C17H17Cl2FN2O3S. The maximum absolute atomic E-state index is 12.9. The Kier molecular flexibility index (Phi) is 6.86. The Bertz CT molecular complexity index is 889. The second-order valence-electron chi connectivity index (χ2n) is 5.57. The second kappa shape index (κ2) is 8.70. The number of carbonyl (C=O) groups excluding carboxylic acids is 1. The monoisotopic (exact) mass is 418 g/mol. The molecule has 2 rings (SSSR count). The number of sulfonamides is 1. The third-order valence-corrected chi connectivity index (χ3v) is 5.47. The van der Waals surface area contributed by atoms with Crippen molar-refractivity contribution in [2.75, 3.05) is 23.7 Å². The van der Waals surface area contributed by atoms with Crippen molar-refractivity contribution in [3.63, 3.8) is 0 Å². The van der Waals surface area contributed by atoms with E-state index in [4.69, 9.17) is 23.2 Å². The van der Waals surface area contributed by atoms with Crippen molar-refractivity contribution in [1.82, 2.24) is 5.32 Å². The van der Waals surface area contributed by atoms with Crippen LogP contribution in [0.3, 0.4) is 0 Å². The van der Waals surface area contributed by atoms with Gasteiger partial charge < -0.3 is 5.32 Å². The van der Waals surface area contributed by atoms with Crippen molar-refractivity contribution >= 4 is 44.8 Å². The number of nitrogens with one attached hydrogen (secondary N) is 1. The lowest BCUT2D eigenvalue weighted by molar-refractivity contribution is -0.119. The summed E-state index contributed by atoms with van der Waals surface area (Å²) in [6.45, 7) is -0.145. The lowest BCUT2D eigenvalue weighted by Crippen LogP contribution is -2.41. The standard InChI is InChI=1S/C17H17Cl2FN2O3S/c1-26(24,25)22(15-4-2-3-14(18)17(15)19)11-16(23)21-10-9-12-5-7-13(20)8-6-12/h2-8H,9-11H2,1H3,(H,21,23). The van der Waals surface area contributed by atoms with Crippen molar-refractivity contribution < 1.29 is 17.6 Å². The molecule has 2 aromatic carbocycles. The molecule has 1 amide bonds. The quantitative estimate of drug-likeness (QED) is 0.750. The van der Waals surface area contributed by atoms with Crippen LogP contribution in [-0.4, -0.2) is 33.7 Å². The van der Waals surface area contributed by atoms with Gasteiger partial charge in [0.2, 0.25) is 15.9 Å². The van der Waals surface area contributed by atoms with E-state index in [9.17, 15) is 17.6 Å². The van der Waals surface area contributed by atoms with Crippen molar-refractivity contribution in [2.24, 2.45) is 0 Å². The zero-order valence-electron chi connectivity index (χ0n) is 13.9. The minimum Gasteiger partial charge on any atom is -0.354 e. The topological polar surface area (TPSA) is 66.5 Å². The molecule has 9 heteroatoms. The van der Waals surface area contributed by atoms with Gasteiger partial charge in [0, 0.05) is 6.54 Å². The largest absolute Gasteiger partial charge is 0.354 e. The Hall–Kier alpha value is -1.83. The highest BCUT2D eigenvalue weighted by molar-refractivity contribution is 7.92. The van der Waals surface area contributed by atoms with Gasteiger partial charge in [-0.25, -0.2) is 12.8 Å². The molecule has 0 aliphatic carbocycles. The van der Waals surface area contributed by atoms with Gasteiger partial charge >= 0.3 is 0 Å². The van der Waals surface area contributed by atoms with E-state index < -0.39 is 22.5 Å². The first-order valence-corrected chi connectivity index (χ1v) is 10.2. The fourth-order valence-electron chi connectivity index (χ4n) is 2.25. The van der Waals surface area contributed by atoms with Gasteiger partial charge in [0.1, 0.15) is 12.4 Å². The number of hydrogen-bond acceptors (Lipinski definition) is 3. The molecule has 0 spiro atoms. The molecule has 0 fully saturated rings. The third-order valence-electron chi connectivity index (χ3n) is 3.54. The van der Waals surface area contributed by atoms with Crippen LogP contribution < -0.4 is 9.62 Å². The molecule has 0 aliphatic rings. The number of amides is 1. The second-order valence-corrected chi connectivity index (χ2v) is 8.26. The van der Waals surface area contributed by atoms with Gasteiger partial charge in [-0.3, -0.25) is 9.10 Å². The Labute approximate surface area is 161 Å². The number of nitrogens with zero attached hydrogens (tertiary/aromatic N) is 1. The van der Waals surface area contributed by atoms with Crippen LogP contribution in [0.5, 0.6) is 0 Å². The minimum atomic E-state index is -3.75. The number of carbonyl (C=O) groups is 1. The summed E-state index contributed by atoms with van der Waals surface area (Å²) in [7, 11) is -3.75. The van der Waals surface area contributed by atoms with E-state index in [-0.39, 0.29) is 28.1 Å². The van der Waals surface area contributed by atoms with Crippen LogP contribution in [0.15, 0.2) is 42.5 Å². The van der Waals surface area contributed by atoms with E-state index >= 15 is 0 Å².